The van der Waals surface area contributed by atoms with Crippen molar-refractivity contribution < 1.29 is 13.3 Å². The topological polar surface area (TPSA) is 30.9 Å². The molecule has 0 amide bonds. The van der Waals surface area contributed by atoms with Crippen molar-refractivity contribution in [1.82, 2.24) is 4.90 Å². The monoisotopic (exact) mass is 385 g/mol. The van der Waals surface area contributed by atoms with Crippen molar-refractivity contribution in [3.63, 3.8) is 0 Å². The van der Waals surface area contributed by atoms with Crippen molar-refractivity contribution in [3.8, 4) is 0 Å². The van der Waals surface area contributed by atoms with Gasteiger partial charge in [0.2, 0.25) is 0 Å². The first-order chi connectivity index (χ1) is 12.8. The fourth-order valence-electron chi connectivity index (χ4n) is 4.86. The Bertz CT molecular complexity index is 346. The largest absolute Gasteiger partial charge is 0.519 e. The van der Waals surface area contributed by atoms with Gasteiger partial charge in [0.25, 0.3) is 0 Å². The molecule has 0 bridgehead atoms. The molecule has 1 unspecified atom stereocenters. The smallest absolute Gasteiger partial charge is 0.373 e. The summed E-state index contributed by atoms with van der Waals surface area (Å²) in [7, 11) is -2.69. The molecule has 2 rings (SSSR count). The van der Waals surface area contributed by atoms with Gasteiger partial charge in [-0.15, -0.1) is 0 Å². The Labute approximate surface area is 163 Å². The Hall–Kier alpha value is 0.0569. The van der Waals surface area contributed by atoms with Crippen molar-refractivity contribution in [1.29, 1.82) is 0 Å². The van der Waals surface area contributed by atoms with Gasteiger partial charge in [0.1, 0.15) is 0 Å². The standard InChI is InChI=1S/C21H43NO3Si/c1-4-23-26(24-5-2,25-6-3)21-17-13-8-7-9-14-18-22(21)19-20-15-11-10-12-16-20/h20-21H,4-19H2,1-3H3. The molecule has 0 aromatic heterocycles. The van der Waals surface area contributed by atoms with Gasteiger partial charge in [-0.3, -0.25) is 4.90 Å². The van der Waals surface area contributed by atoms with Gasteiger partial charge in [-0.1, -0.05) is 44.9 Å². The summed E-state index contributed by atoms with van der Waals surface area (Å²) in [5.74, 6) is 0.851. The van der Waals surface area contributed by atoms with Crippen LogP contribution >= 0.6 is 0 Å². The van der Waals surface area contributed by atoms with E-state index < -0.39 is 8.80 Å². The molecule has 0 N–H and O–H groups in total. The van der Waals surface area contributed by atoms with E-state index in [1.54, 1.807) is 0 Å². The van der Waals surface area contributed by atoms with Crippen LogP contribution in [-0.4, -0.2) is 52.3 Å². The highest BCUT2D eigenvalue weighted by Crippen LogP contribution is 2.31. The van der Waals surface area contributed by atoms with Crippen LogP contribution in [0.1, 0.15) is 91.4 Å². The van der Waals surface area contributed by atoms with Gasteiger partial charge >= 0.3 is 8.80 Å². The summed E-state index contributed by atoms with van der Waals surface area (Å²) in [4.78, 5) is 2.74. The third-order valence-electron chi connectivity index (χ3n) is 6.03. The van der Waals surface area contributed by atoms with Crippen LogP contribution in [0.25, 0.3) is 0 Å². The minimum absolute atomic E-state index is 0.336. The predicted molar refractivity (Wildman–Crippen MR) is 110 cm³/mol. The van der Waals surface area contributed by atoms with E-state index in [1.807, 2.05) is 0 Å². The first kappa shape index (κ1) is 22.3. The molecule has 0 spiro atoms. The van der Waals surface area contributed by atoms with E-state index in [0.29, 0.717) is 25.5 Å². The first-order valence-electron chi connectivity index (χ1n) is 11.4. The molecule has 1 heterocycles. The Morgan fingerprint density at radius 2 is 1.19 bits per heavy atom. The molecule has 0 radical (unpaired) electrons. The van der Waals surface area contributed by atoms with Gasteiger partial charge in [0, 0.05) is 26.4 Å². The van der Waals surface area contributed by atoms with Gasteiger partial charge in [-0.2, -0.15) is 0 Å². The van der Waals surface area contributed by atoms with Crippen LogP contribution in [0.4, 0.5) is 0 Å². The van der Waals surface area contributed by atoms with Crippen LogP contribution in [0.15, 0.2) is 0 Å². The summed E-state index contributed by atoms with van der Waals surface area (Å²) in [6.45, 7) is 10.7. The highest BCUT2D eigenvalue weighted by Gasteiger charge is 2.51. The Balaban J connectivity index is 2.22. The minimum atomic E-state index is -2.69. The second-order valence-electron chi connectivity index (χ2n) is 7.97. The zero-order valence-electron chi connectivity index (χ0n) is 17.6. The van der Waals surface area contributed by atoms with Gasteiger partial charge in [0.05, 0.1) is 5.67 Å². The average Bonchev–Trinajstić information content (AvgIpc) is 2.76. The van der Waals surface area contributed by atoms with Crippen LogP contribution in [0.3, 0.4) is 0 Å². The molecule has 1 atom stereocenters. The SMILES string of the molecule is CCO[Si](OCC)(OCC)C1CCCCCCCN1CC1CCCCC1. The maximum atomic E-state index is 6.36. The molecule has 1 saturated heterocycles. The molecule has 0 aromatic rings. The highest BCUT2D eigenvalue weighted by atomic mass is 28.4. The summed E-state index contributed by atoms with van der Waals surface area (Å²) in [6.07, 6.45) is 14.9. The predicted octanol–water partition coefficient (Wildman–Crippen LogP) is 5.18. The van der Waals surface area contributed by atoms with E-state index in [0.717, 1.165) is 5.92 Å². The Morgan fingerprint density at radius 1 is 0.692 bits per heavy atom. The van der Waals surface area contributed by atoms with Crippen molar-refractivity contribution in [2.24, 2.45) is 5.92 Å². The molecule has 1 saturated carbocycles. The number of hydrogen-bond donors (Lipinski definition) is 0. The fraction of sp³-hybridized carbons (Fsp3) is 1.00. The summed E-state index contributed by atoms with van der Waals surface area (Å²) >= 11 is 0. The van der Waals surface area contributed by atoms with E-state index in [2.05, 4.69) is 25.7 Å². The van der Waals surface area contributed by atoms with Gasteiger partial charge in [0.15, 0.2) is 0 Å². The summed E-state index contributed by atoms with van der Waals surface area (Å²) < 4.78 is 19.1. The molecule has 1 aliphatic carbocycles. The molecule has 2 fully saturated rings. The average molecular weight is 386 g/mol. The minimum Gasteiger partial charge on any atom is -0.373 e. The lowest BCUT2D eigenvalue weighted by atomic mass is 9.89. The van der Waals surface area contributed by atoms with Gasteiger partial charge in [-0.05, 0) is 58.9 Å². The normalized spacial score (nSPS) is 24.8. The van der Waals surface area contributed by atoms with Crippen LogP contribution in [0, 0.1) is 5.92 Å². The Kier molecular flexibility index (Phi) is 10.7. The highest BCUT2D eigenvalue weighted by molar-refractivity contribution is 6.62. The van der Waals surface area contributed by atoms with Crippen LogP contribution in [0.2, 0.25) is 0 Å². The molecule has 154 valence electrons. The van der Waals surface area contributed by atoms with Crippen molar-refractivity contribution in [3.05, 3.63) is 0 Å². The number of hydrogen-bond acceptors (Lipinski definition) is 4. The zero-order valence-corrected chi connectivity index (χ0v) is 18.6. The molecule has 4 nitrogen and oxygen atoms in total. The van der Waals surface area contributed by atoms with Crippen LogP contribution in [0.5, 0.6) is 0 Å². The second-order valence-corrected chi connectivity index (χ2v) is 10.7. The van der Waals surface area contributed by atoms with E-state index in [9.17, 15) is 0 Å². The van der Waals surface area contributed by atoms with Gasteiger partial charge in [-0.25, -0.2) is 0 Å². The summed E-state index contributed by atoms with van der Waals surface area (Å²) in [6, 6.07) is 0. The molecule has 1 aliphatic heterocycles. The van der Waals surface area contributed by atoms with Crippen molar-refractivity contribution in [2.45, 2.75) is 97.1 Å². The van der Waals surface area contributed by atoms with Crippen molar-refractivity contribution in [2.75, 3.05) is 32.9 Å². The molecule has 2 aliphatic rings. The number of nitrogens with zero attached hydrogens (tertiary/aromatic N) is 1. The lowest BCUT2D eigenvalue weighted by Gasteiger charge is -2.43. The van der Waals surface area contributed by atoms with Gasteiger partial charge < -0.3 is 13.3 Å². The second kappa shape index (κ2) is 12.5. The molecule has 26 heavy (non-hydrogen) atoms. The quantitative estimate of drug-likeness (QED) is 0.512. The van der Waals surface area contributed by atoms with Crippen LogP contribution < -0.4 is 0 Å². The lowest BCUT2D eigenvalue weighted by Crippen LogP contribution is -2.63. The zero-order chi connectivity index (χ0) is 18.7. The van der Waals surface area contributed by atoms with Crippen molar-refractivity contribution >= 4 is 8.80 Å². The number of rotatable bonds is 9. The third kappa shape index (κ3) is 6.59. The van der Waals surface area contributed by atoms with E-state index >= 15 is 0 Å². The summed E-state index contributed by atoms with van der Waals surface area (Å²) in [5, 5.41) is 0. The van der Waals surface area contributed by atoms with E-state index in [1.165, 1.54) is 83.7 Å². The maximum absolute atomic E-state index is 6.36. The molecule has 5 heteroatoms. The maximum Gasteiger partial charge on any atom is 0.519 e. The molecular weight excluding hydrogens is 342 g/mol. The first-order valence-corrected chi connectivity index (χ1v) is 13.2. The lowest BCUT2D eigenvalue weighted by molar-refractivity contribution is 0.0274. The molecular formula is C21H43NO3Si. The van der Waals surface area contributed by atoms with Crippen LogP contribution in [-0.2, 0) is 13.3 Å². The fourth-order valence-corrected chi connectivity index (χ4v) is 8.13. The summed E-state index contributed by atoms with van der Waals surface area (Å²) in [5.41, 5.74) is 0.336. The Morgan fingerprint density at radius 3 is 1.81 bits per heavy atom. The van der Waals surface area contributed by atoms with E-state index in [4.69, 9.17) is 13.3 Å². The molecule has 0 aromatic carbocycles. The van der Waals surface area contributed by atoms with E-state index in [-0.39, 0.29) is 0 Å². The third-order valence-corrected chi connectivity index (χ3v) is 9.57.